The molecule has 0 atom stereocenters. The van der Waals surface area contributed by atoms with Crippen LogP contribution >= 0.6 is 0 Å². The van der Waals surface area contributed by atoms with E-state index in [1.165, 1.54) is 19.2 Å². The van der Waals surface area contributed by atoms with Crippen molar-refractivity contribution >= 4 is 21.6 Å². The number of aryl methyl sites for hydroxylation is 1. The fraction of sp³-hybridized carbons (Fsp3) is 0.133. The van der Waals surface area contributed by atoms with Crippen LogP contribution in [0.5, 0.6) is 5.75 Å². The molecule has 2 aromatic rings. The Morgan fingerprint density at radius 3 is 2.45 bits per heavy atom. The number of methoxy groups -OCH3 is 1. The molecule has 2 aromatic carbocycles. The quantitative estimate of drug-likeness (QED) is 0.899. The van der Waals surface area contributed by atoms with Gasteiger partial charge in [-0.2, -0.15) is 0 Å². The second-order valence-corrected chi connectivity index (χ2v) is 6.21. The van der Waals surface area contributed by atoms with Gasteiger partial charge in [-0.1, -0.05) is 18.2 Å². The van der Waals surface area contributed by atoms with Crippen LogP contribution in [-0.2, 0) is 10.0 Å². The van der Waals surface area contributed by atoms with Crippen molar-refractivity contribution in [3.63, 3.8) is 0 Å². The molecular weight excluding hydrogens is 304 g/mol. The van der Waals surface area contributed by atoms with E-state index in [-0.39, 0.29) is 16.6 Å². The Hall–Kier alpha value is -2.38. The normalized spacial score (nSPS) is 11.0. The van der Waals surface area contributed by atoms with Gasteiger partial charge in [0.1, 0.15) is 10.6 Å². The van der Waals surface area contributed by atoms with Crippen LogP contribution < -0.4 is 15.2 Å². The van der Waals surface area contributed by atoms with E-state index >= 15 is 0 Å². The van der Waals surface area contributed by atoms with Crippen LogP contribution in [0.1, 0.15) is 15.9 Å². The van der Waals surface area contributed by atoms with Crippen LogP contribution in [0.4, 0.5) is 5.69 Å². The molecule has 0 aliphatic heterocycles. The van der Waals surface area contributed by atoms with Crippen molar-refractivity contribution in [1.82, 2.24) is 0 Å². The van der Waals surface area contributed by atoms with Crippen molar-refractivity contribution in [2.24, 2.45) is 5.14 Å². The Morgan fingerprint density at radius 2 is 1.86 bits per heavy atom. The smallest absolute Gasteiger partial charge is 0.255 e. The van der Waals surface area contributed by atoms with Gasteiger partial charge in [-0.3, -0.25) is 4.79 Å². The summed E-state index contributed by atoms with van der Waals surface area (Å²) in [5.74, 6) is -0.208. The first-order chi connectivity index (χ1) is 10.3. The third kappa shape index (κ3) is 3.44. The molecule has 6 nitrogen and oxygen atoms in total. The molecule has 0 aromatic heterocycles. The molecule has 116 valence electrons. The van der Waals surface area contributed by atoms with Crippen LogP contribution in [0.3, 0.4) is 0 Å². The average molecular weight is 320 g/mol. The maximum absolute atomic E-state index is 12.2. The Balaban J connectivity index is 2.35. The molecule has 0 saturated heterocycles. The van der Waals surface area contributed by atoms with Crippen molar-refractivity contribution in [3.8, 4) is 5.75 Å². The van der Waals surface area contributed by atoms with Gasteiger partial charge < -0.3 is 10.1 Å². The zero-order valence-electron chi connectivity index (χ0n) is 12.2. The van der Waals surface area contributed by atoms with E-state index < -0.39 is 10.0 Å². The fourth-order valence-corrected chi connectivity index (χ4v) is 2.73. The van der Waals surface area contributed by atoms with Crippen molar-refractivity contribution in [1.29, 1.82) is 0 Å². The van der Waals surface area contributed by atoms with E-state index in [2.05, 4.69) is 5.32 Å². The molecule has 0 heterocycles. The summed E-state index contributed by atoms with van der Waals surface area (Å²) >= 11 is 0. The number of anilines is 1. The Bertz CT molecular complexity index is 816. The van der Waals surface area contributed by atoms with Gasteiger partial charge in [0.25, 0.3) is 5.91 Å². The van der Waals surface area contributed by atoms with Crippen LogP contribution in [0.25, 0.3) is 0 Å². The summed E-state index contributed by atoms with van der Waals surface area (Å²) < 4.78 is 28.1. The molecule has 0 spiro atoms. The van der Waals surface area contributed by atoms with Gasteiger partial charge in [-0.15, -0.1) is 0 Å². The standard InChI is InChI=1S/C15H16N2O4S/c1-10-5-3-4-6-12(10)15(18)17-11-7-8-13(21-2)14(9-11)22(16,19)20/h3-9H,1-2H3,(H,17,18)(H2,16,19,20). The molecule has 0 saturated carbocycles. The molecule has 3 N–H and O–H groups in total. The highest BCUT2D eigenvalue weighted by atomic mass is 32.2. The molecule has 0 aliphatic rings. The summed E-state index contributed by atoms with van der Waals surface area (Å²) in [7, 11) is -2.61. The number of ether oxygens (including phenoxy) is 1. The number of carbonyl (C=O) groups excluding carboxylic acids is 1. The largest absolute Gasteiger partial charge is 0.495 e. The number of hydrogen-bond donors (Lipinski definition) is 2. The minimum atomic E-state index is -3.95. The number of amides is 1. The SMILES string of the molecule is COc1ccc(NC(=O)c2ccccc2C)cc1S(N)(=O)=O. The van der Waals surface area contributed by atoms with E-state index in [1.807, 2.05) is 19.1 Å². The van der Waals surface area contributed by atoms with E-state index in [4.69, 9.17) is 9.88 Å². The maximum Gasteiger partial charge on any atom is 0.255 e. The molecule has 1 amide bonds. The van der Waals surface area contributed by atoms with Gasteiger partial charge in [0, 0.05) is 11.3 Å². The first-order valence-corrected chi connectivity index (χ1v) is 7.95. The summed E-state index contributed by atoms with van der Waals surface area (Å²) in [6.07, 6.45) is 0. The van der Waals surface area contributed by atoms with E-state index in [9.17, 15) is 13.2 Å². The first kappa shape index (κ1) is 16.0. The average Bonchev–Trinajstić information content (AvgIpc) is 2.46. The summed E-state index contributed by atoms with van der Waals surface area (Å²) in [6, 6.07) is 11.3. The number of benzene rings is 2. The third-order valence-electron chi connectivity index (χ3n) is 3.12. The topological polar surface area (TPSA) is 98.5 Å². The molecule has 22 heavy (non-hydrogen) atoms. The number of primary sulfonamides is 1. The number of hydrogen-bond acceptors (Lipinski definition) is 4. The lowest BCUT2D eigenvalue weighted by Crippen LogP contribution is -2.16. The van der Waals surface area contributed by atoms with Crippen molar-refractivity contribution < 1.29 is 17.9 Å². The van der Waals surface area contributed by atoms with Crippen molar-refractivity contribution in [3.05, 3.63) is 53.6 Å². The zero-order chi connectivity index (χ0) is 16.3. The summed E-state index contributed by atoms with van der Waals surface area (Å²) in [5.41, 5.74) is 1.65. The lowest BCUT2D eigenvalue weighted by Gasteiger charge is -2.11. The number of carbonyl (C=O) groups is 1. The molecule has 0 bridgehead atoms. The Kier molecular flexibility index (Phi) is 4.48. The van der Waals surface area contributed by atoms with Crippen LogP contribution in [0, 0.1) is 6.92 Å². The number of sulfonamides is 1. The summed E-state index contributed by atoms with van der Waals surface area (Å²) in [6.45, 7) is 1.82. The molecule has 0 radical (unpaired) electrons. The van der Waals surface area contributed by atoms with Crippen LogP contribution in [0.2, 0.25) is 0 Å². The molecular formula is C15H16N2O4S. The summed E-state index contributed by atoms with van der Waals surface area (Å²) in [4.78, 5) is 12.0. The molecule has 0 aliphatic carbocycles. The minimum absolute atomic E-state index is 0.122. The second-order valence-electron chi connectivity index (χ2n) is 4.68. The highest BCUT2D eigenvalue weighted by Gasteiger charge is 2.17. The molecule has 7 heteroatoms. The van der Waals surface area contributed by atoms with Crippen LogP contribution in [-0.4, -0.2) is 21.4 Å². The number of nitrogens with one attached hydrogen (secondary N) is 1. The predicted octanol–water partition coefficient (Wildman–Crippen LogP) is 1.90. The zero-order valence-corrected chi connectivity index (χ0v) is 13.0. The fourth-order valence-electron chi connectivity index (χ4n) is 2.00. The maximum atomic E-state index is 12.2. The van der Waals surface area contributed by atoms with E-state index in [0.717, 1.165) is 5.56 Å². The van der Waals surface area contributed by atoms with E-state index in [1.54, 1.807) is 18.2 Å². The van der Waals surface area contributed by atoms with Gasteiger partial charge >= 0.3 is 0 Å². The molecule has 0 fully saturated rings. The first-order valence-electron chi connectivity index (χ1n) is 6.41. The van der Waals surface area contributed by atoms with Crippen LogP contribution in [0.15, 0.2) is 47.4 Å². The Labute approximate surface area is 129 Å². The lowest BCUT2D eigenvalue weighted by molar-refractivity contribution is 0.102. The summed E-state index contributed by atoms with van der Waals surface area (Å²) in [5, 5.41) is 7.80. The van der Waals surface area contributed by atoms with E-state index in [0.29, 0.717) is 11.3 Å². The Morgan fingerprint density at radius 1 is 1.18 bits per heavy atom. The van der Waals surface area contributed by atoms with Gasteiger partial charge in [0.05, 0.1) is 7.11 Å². The number of nitrogens with two attached hydrogens (primary N) is 1. The van der Waals surface area contributed by atoms with Gasteiger partial charge in [0.2, 0.25) is 10.0 Å². The highest BCUT2D eigenvalue weighted by molar-refractivity contribution is 7.89. The lowest BCUT2D eigenvalue weighted by atomic mass is 10.1. The minimum Gasteiger partial charge on any atom is -0.495 e. The highest BCUT2D eigenvalue weighted by Crippen LogP contribution is 2.26. The molecule has 0 unspecified atom stereocenters. The second kappa shape index (κ2) is 6.17. The molecule has 2 rings (SSSR count). The van der Waals surface area contributed by atoms with Gasteiger partial charge in [0.15, 0.2) is 0 Å². The van der Waals surface area contributed by atoms with Gasteiger partial charge in [-0.25, -0.2) is 13.6 Å². The monoisotopic (exact) mass is 320 g/mol. The van der Waals surface area contributed by atoms with Crippen molar-refractivity contribution in [2.75, 3.05) is 12.4 Å². The third-order valence-corrected chi connectivity index (χ3v) is 4.05. The number of rotatable bonds is 4. The predicted molar refractivity (Wildman–Crippen MR) is 83.5 cm³/mol. The van der Waals surface area contributed by atoms with Gasteiger partial charge in [-0.05, 0) is 36.8 Å². The van der Waals surface area contributed by atoms with Crippen molar-refractivity contribution in [2.45, 2.75) is 11.8 Å².